The molecule has 78 valence electrons. The molecule has 0 aliphatic heterocycles. The minimum Gasteiger partial charge on any atom is -0.397 e. The molecule has 1 aromatic rings. The first-order chi connectivity index (χ1) is 6.76. The Labute approximate surface area is 87.8 Å². The van der Waals surface area contributed by atoms with Crippen LogP contribution in [0, 0.1) is 0 Å². The van der Waals surface area contributed by atoms with Gasteiger partial charge in [0.05, 0.1) is 22.7 Å². The van der Waals surface area contributed by atoms with Crippen LogP contribution in [0.2, 0.25) is 0 Å². The molecule has 0 amide bonds. The number of nitrogens with two attached hydrogens (primary N) is 1. The van der Waals surface area contributed by atoms with Crippen LogP contribution in [0.15, 0.2) is 23.4 Å². The quantitative estimate of drug-likeness (QED) is 0.592. The highest BCUT2D eigenvalue weighted by Gasteiger charge is 2.05. The Balaban J connectivity index is 2.41. The summed E-state index contributed by atoms with van der Waals surface area (Å²) in [7, 11) is 3.23. The van der Waals surface area contributed by atoms with Crippen molar-refractivity contribution in [3.63, 3.8) is 0 Å². The van der Waals surface area contributed by atoms with Crippen LogP contribution in [0.3, 0.4) is 0 Å². The number of ether oxygens (including phenoxy) is 2. The number of hydrogen-bond donors (Lipinski definition) is 1. The molecule has 0 unspecified atom stereocenters. The first kappa shape index (κ1) is 11.3. The second-order valence-corrected chi connectivity index (χ2v) is 3.68. The molecule has 2 N–H and O–H groups in total. The van der Waals surface area contributed by atoms with Crippen LogP contribution in [-0.4, -0.2) is 31.2 Å². The average molecular weight is 214 g/mol. The monoisotopic (exact) mass is 214 g/mol. The summed E-state index contributed by atoms with van der Waals surface area (Å²) in [5, 5.41) is 0.915. The van der Waals surface area contributed by atoms with Gasteiger partial charge in [0.1, 0.15) is 0 Å². The van der Waals surface area contributed by atoms with Crippen LogP contribution in [0.1, 0.15) is 0 Å². The van der Waals surface area contributed by atoms with Gasteiger partial charge >= 0.3 is 0 Å². The summed E-state index contributed by atoms with van der Waals surface area (Å²) in [5.74, 6) is 0.712. The average Bonchev–Trinajstić information content (AvgIpc) is 2.22. The molecule has 5 heteroatoms. The summed E-state index contributed by atoms with van der Waals surface area (Å²) in [4.78, 5) is 4.15. The van der Waals surface area contributed by atoms with Gasteiger partial charge in [0.2, 0.25) is 0 Å². The molecule has 0 saturated carbocycles. The molecule has 0 aliphatic carbocycles. The lowest BCUT2D eigenvalue weighted by Crippen LogP contribution is -2.15. The molecule has 0 fully saturated rings. The number of methoxy groups -OCH3 is 2. The fourth-order valence-corrected chi connectivity index (χ4v) is 1.73. The van der Waals surface area contributed by atoms with Crippen molar-refractivity contribution in [1.29, 1.82) is 0 Å². The van der Waals surface area contributed by atoms with E-state index < -0.39 is 0 Å². The van der Waals surface area contributed by atoms with E-state index in [1.54, 1.807) is 32.2 Å². The number of hydrogen-bond acceptors (Lipinski definition) is 5. The van der Waals surface area contributed by atoms with Crippen LogP contribution in [0.5, 0.6) is 0 Å². The fraction of sp³-hybridized carbons (Fsp3) is 0.444. The maximum Gasteiger partial charge on any atom is 0.166 e. The molecule has 0 spiro atoms. The molecule has 0 radical (unpaired) electrons. The number of pyridine rings is 1. The Bertz CT molecular complexity index is 262. The number of thioether (sulfide) groups is 1. The van der Waals surface area contributed by atoms with Crippen LogP contribution < -0.4 is 5.73 Å². The maximum atomic E-state index is 5.51. The Morgan fingerprint density at radius 2 is 2.14 bits per heavy atom. The highest BCUT2D eigenvalue weighted by atomic mass is 32.2. The minimum absolute atomic E-state index is 0.195. The van der Waals surface area contributed by atoms with Crippen molar-refractivity contribution in [3.8, 4) is 0 Å². The Morgan fingerprint density at radius 1 is 1.43 bits per heavy atom. The van der Waals surface area contributed by atoms with E-state index in [1.165, 1.54) is 0 Å². The van der Waals surface area contributed by atoms with Crippen molar-refractivity contribution in [2.45, 2.75) is 11.3 Å². The van der Waals surface area contributed by atoms with Gasteiger partial charge in [0.15, 0.2) is 6.29 Å². The van der Waals surface area contributed by atoms with Gasteiger partial charge in [-0.25, -0.2) is 4.98 Å². The Morgan fingerprint density at radius 3 is 2.64 bits per heavy atom. The van der Waals surface area contributed by atoms with Gasteiger partial charge in [0.25, 0.3) is 0 Å². The van der Waals surface area contributed by atoms with E-state index >= 15 is 0 Å². The van der Waals surface area contributed by atoms with Gasteiger partial charge in [-0.05, 0) is 12.1 Å². The van der Waals surface area contributed by atoms with Crippen molar-refractivity contribution < 1.29 is 9.47 Å². The largest absolute Gasteiger partial charge is 0.397 e. The molecule has 1 rings (SSSR count). The third kappa shape index (κ3) is 3.53. The molecule has 4 nitrogen and oxygen atoms in total. The lowest BCUT2D eigenvalue weighted by molar-refractivity contribution is -0.0842. The zero-order chi connectivity index (χ0) is 10.4. The number of anilines is 1. The molecule has 1 aromatic heterocycles. The normalized spacial score (nSPS) is 10.8. The summed E-state index contributed by atoms with van der Waals surface area (Å²) in [6, 6.07) is 3.70. The highest BCUT2D eigenvalue weighted by Crippen LogP contribution is 2.17. The van der Waals surface area contributed by atoms with E-state index in [2.05, 4.69) is 4.98 Å². The van der Waals surface area contributed by atoms with Crippen LogP contribution in [-0.2, 0) is 9.47 Å². The predicted octanol–water partition coefficient (Wildman–Crippen LogP) is 1.37. The van der Waals surface area contributed by atoms with Crippen LogP contribution >= 0.6 is 11.8 Å². The molecule has 14 heavy (non-hydrogen) atoms. The van der Waals surface area contributed by atoms with Gasteiger partial charge in [-0.3, -0.25) is 0 Å². The summed E-state index contributed by atoms with van der Waals surface area (Å²) >= 11 is 1.57. The van der Waals surface area contributed by atoms with Gasteiger partial charge in [-0.15, -0.1) is 11.8 Å². The lowest BCUT2D eigenvalue weighted by atomic mass is 10.4. The Hall–Kier alpha value is -0.780. The van der Waals surface area contributed by atoms with E-state index in [0.717, 1.165) is 5.03 Å². The molecule has 1 heterocycles. The van der Waals surface area contributed by atoms with Gasteiger partial charge in [0, 0.05) is 14.2 Å². The van der Waals surface area contributed by atoms with E-state index in [9.17, 15) is 0 Å². The minimum atomic E-state index is -0.195. The van der Waals surface area contributed by atoms with Crippen molar-refractivity contribution >= 4 is 17.4 Å². The second kappa shape index (κ2) is 5.85. The van der Waals surface area contributed by atoms with E-state index in [1.807, 2.05) is 12.1 Å². The number of aromatic nitrogens is 1. The first-order valence-electron chi connectivity index (χ1n) is 4.16. The van der Waals surface area contributed by atoms with E-state index in [-0.39, 0.29) is 6.29 Å². The summed E-state index contributed by atoms with van der Waals surface area (Å²) in [5.41, 5.74) is 6.18. The maximum absolute atomic E-state index is 5.51. The molecule has 0 saturated heterocycles. The Kier molecular flexibility index (Phi) is 4.72. The van der Waals surface area contributed by atoms with Crippen LogP contribution in [0.25, 0.3) is 0 Å². The SMILES string of the molecule is COC(CSc1ccc(N)cn1)OC. The van der Waals surface area contributed by atoms with E-state index in [4.69, 9.17) is 15.2 Å². The number of nitrogen functional groups attached to an aromatic ring is 1. The fourth-order valence-electron chi connectivity index (χ4n) is 0.863. The molecular formula is C9H14N2O2S. The van der Waals surface area contributed by atoms with Crippen molar-refractivity contribution in [3.05, 3.63) is 18.3 Å². The third-order valence-electron chi connectivity index (χ3n) is 1.65. The first-order valence-corrected chi connectivity index (χ1v) is 5.14. The topological polar surface area (TPSA) is 57.4 Å². The molecule has 0 bridgehead atoms. The zero-order valence-electron chi connectivity index (χ0n) is 8.27. The van der Waals surface area contributed by atoms with Crippen molar-refractivity contribution in [1.82, 2.24) is 4.98 Å². The zero-order valence-corrected chi connectivity index (χ0v) is 9.08. The standard InChI is InChI=1S/C9H14N2O2S/c1-12-9(13-2)6-14-8-4-3-7(10)5-11-8/h3-5,9H,6,10H2,1-2H3. The van der Waals surface area contributed by atoms with Crippen LogP contribution in [0.4, 0.5) is 5.69 Å². The van der Waals surface area contributed by atoms with E-state index in [0.29, 0.717) is 11.4 Å². The summed E-state index contributed by atoms with van der Waals surface area (Å²) in [6.07, 6.45) is 1.44. The van der Waals surface area contributed by atoms with Crippen molar-refractivity contribution in [2.75, 3.05) is 25.7 Å². The predicted molar refractivity (Wildman–Crippen MR) is 57.2 cm³/mol. The third-order valence-corrected chi connectivity index (χ3v) is 2.63. The van der Waals surface area contributed by atoms with Gasteiger partial charge < -0.3 is 15.2 Å². The number of rotatable bonds is 5. The smallest absolute Gasteiger partial charge is 0.166 e. The summed E-state index contributed by atoms with van der Waals surface area (Å²) in [6.45, 7) is 0. The molecule has 0 atom stereocenters. The highest BCUT2D eigenvalue weighted by molar-refractivity contribution is 7.99. The second-order valence-electron chi connectivity index (χ2n) is 2.64. The van der Waals surface area contributed by atoms with Gasteiger partial charge in [-0.1, -0.05) is 0 Å². The summed E-state index contributed by atoms with van der Waals surface area (Å²) < 4.78 is 10.1. The number of nitrogens with zero attached hydrogens (tertiary/aromatic N) is 1. The molecule has 0 aromatic carbocycles. The van der Waals surface area contributed by atoms with Crippen molar-refractivity contribution in [2.24, 2.45) is 0 Å². The van der Waals surface area contributed by atoms with Gasteiger partial charge in [-0.2, -0.15) is 0 Å². The lowest BCUT2D eigenvalue weighted by Gasteiger charge is -2.11. The molecule has 0 aliphatic rings. The molecular weight excluding hydrogens is 200 g/mol.